The van der Waals surface area contributed by atoms with Crippen molar-refractivity contribution in [2.45, 2.75) is 12.1 Å². The zero-order chi connectivity index (χ0) is 18.7. The maximum Gasteiger partial charge on any atom is 0.244 e. The molecule has 1 aliphatic heterocycles. The number of carbonyl (C=O) groups is 1. The third-order valence-electron chi connectivity index (χ3n) is 4.44. The van der Waals surface area contributed by atoms with Gasteiger partial charge in [0.15, 0.2) is 11.5 Å². The Hall–Kier alpha value is -2.60. The lowest BCUT2D eigenvalue weighted by Gasteiger charge is -2.41. The highest BCUT2D eigenvalue weighted by atomic mass is 19.1. The van der Waals surface area contributed by atoms with Crippen molar-refractivity contribution < 1.29 is 18.7 Å². The van der Waals surface area contributed by atoms with Gasteiger partial charge >= 0.3 is 0 Å². The first-order valence-corrected chi connectivity index (χ1v) is 8.50. The second-order valence-corrected chi connectivity index (χ2v) is 6.56. The molecule has 0 unspecified atom stereocenters. The topological polar surface area (TPSA) is 42.0 Å². The van der Waals surface area contributed by atoms with Gasteiger partial charge in [0, 0.05) is 0 Å². The molecule has 0 spiro atoms. The molecule has 3 rings (SSSR count). The van der Waals surface area contributed by atoms with E-state index in [0.29, 0.717) is 30.2 Å². The minimum Gasteiger partial charge on any atom is -0.493 e. The first-order chi connectivity index (χ1) is 12.5. The summed E-state index contributed by atoms with van der Waals surface area (Å²) < 4.78 is 24.8. The summed E-state index contributed by atoms with van der Waals surface area (Å²) in [6.07, 6.45) is -0.0782. The number of hydrogen-bond acceptors (Lipinski definition) is 4. The van der Waals surface area contributed by atoms with Crippen LogP contribution in [-0.4, -0.2) is 56.1 Å². The van der Waals surface area contributed by atoms with Crippen LogP contribution in [-0.2, 0) is 4.79 Å². The maximum absolute atomic E-state index is 13.6. The normalized spacial score (nSPS) is 15.5. The number of methoxy groups -OCH3 is 1. The first-order valence-electron chi connectivity index (χ1n) is 8.50. The van der Waals surface area contributed by atoms with Crippen LogP contribution in [0.1, 0.15) is 11.6 Å². The monoisotopic (exact) mass is 358 g/mol. The number of nitrogens with zero attached hydrogens (tertiary/aromatic N) is 2. The quantitative estimate of drug-likeness (QED) is 0.796. The molecule has 138 valence electrons. The van der Waals surface area contributed by atoms with Crippen LogP contribution < -0.4 is 9.47 Å². The molecule has 0 bridgehead atoms. The van der Waals surface area contributed by atoms with Crippen molar-refractivity contribution in [2.75, 3.05) is 34.3 Å². The fraction of sp³-hybridized carbons (Fsp3) is 0.350. The summed E-state index contributed by atoms with van der Waals surface area (Å²) >= 11 is 0. The molecule has 2 aromatic carbocycles. The standard InChI is InChI=1S/C20H23FN2O3/c1-22(2)19(14-7-6-8-15(21)11-14)20(24)23-12-16(13-23)26-18-10-5-4-9-17(18)25-3/h4-11,16,19H,12-13H2,1-3H3/t19-/m0/s1. The number of carbonyl (C=O) groups excluding carboxylic acids is 1. The van der Waals surface area contributed by atoms with Gasteiger partial charge < -0.3 is 14.4 Å². The molecular weight excluding hydrogens is 335 g/mol. The fourth-order valence-corrected chi connectivity index (χ4v) is 3.10. The first kappa shape index (κ1) is 18.2. The molecule has 0 aromatic heterocycles. The van der Waals surface area contributed by atoms with E-state index in [0.717, 1.165) is 0 Å². The predicted molar refractivity (Wildman–Crippen MR) is 96.8 cm³/mol. The molecular formula is C20H23FN2O3. The van der Waals surface area contributed by atoms with Crippen LogP contribution >= 0.6 is 0 Å². The summed E-state index contributed by atoms with van der Waals surface area (Å²) in [7, 11) is 5.23. The van der Waals surface area contributed by atoms with Gasteiger partial charge in [-0.05, 0) is 43.9 Å². The molecule has 0 saturated carbocycles. The van der Waals surface area contributed by atoms with Gasteiger partial charge in [0.05, 0.1) is 20.2 Å². The lowest BCUT2D eigenvalue weighted by atomic mass is 10.0. The van der Waals surface area contributed by atoms with Gasteiger partial charge in [0.2, 0.25) is 5.91 Å². The van der Waals surface area contributed by atoms with Crippen LogP contribution in [0.4, 0.5) is 4.39 Å². The minimum absolute atomic E-state index is 0.0551. The van der Waals surface area contributed by atoms with Crippen LogP contribution in [0.5, 0.6) is 11.5 Å². The molecule has 1 saturated heterocycles. The van der Waals surface area contributed by atoms with Crippen molar-refractivity contribution in [3.8, 4) is 11.5 Å². The molecule has 0 N–H and O–H groups in total. The minimum atomic E-state index is -0.516. The van der Waals surface area contributed by atoms with Gasteiger partial charge in [-0.2, -0.15) is 0 Å². The molecule has 1 amide bonds. The molecule has 26 heavy (non-hydrogen) atoms. The van der Waals surface area contributed by atoms with E-state index in [4.69, 9.17) is 9.47 Å². The van der Waals surface area contributed by atoms with E-state index in [9.17, 15) is 9.18 Å². The molecule has 1 atom stereocenters. The SMILES string of the molecule is COc1ccccc1OC1CN(C(=O)[C@H](c2cccc(F)c2)N(C)C)C1. The highest BCUT2D eigenvalue weighted by Crippen LogP contribution is 2.30. The summed E-state index contributed by atoms with van der Waals surface area (Å²) in [4.78, 5) is 16.4. The van der Waals surface area contributed by atoms with Crippen molar-refractivity contribution in [3.05, 3.63) is 59.9 Å². The lowest BCUT2D eigenvalue weighted by Crippen LogP contribution is -2.58. The van der Waals surface area contributed by atoms with Gasteiger partial charge in [-0.25, -0.2) is 4.39 Å². The number of para-hydroxylation sites is 2. The average Bonchev–Trinajstić information content (AvgIpc) is 2.57. The highest BCUT2D eigenvalue weighted by molar-refractivity contribution is 5.84. The van der Waals surface area contributed by atoms with Gasteiger partial charge in [-0.15, -0.1) is 0 Å². The summed E-state index contributed by atoms with van der Waals surface area (Å²) in [5.74, 6) is 0.938. The Morgan fingerprint density at radius 3 is 2.46 bits per heavy atom. The number of likely N-dealkylation sites (tertiary alicyclic amines) is 1. The van der Waals surface area contributed by atoms with Gasteiger partial charge in [0.25, 0.3) is 0 Å². The van der Waals surface area contributed by atoms with E-state index in [1.165, 1.54) is 12.1 Å². The fourth-order valence-electron chi connectivity index (χ4n) is 3.10. The van der Waals surface area contributed by atoms with E-state index >= 15 is 0 Å². The van der Waals surface area contributed by atoms with Crippen LogP contribution in [0.2, 0.25) is 0 Å². The van der Waals surface area contributed by atoms with E-state index in [2.05, 4.69) is 0 Å². The molecule has 0 aliphatic carbocycles. The molecule has 0 radical (unpaired) electrons. The number of likely N-dealkylation sites (N-methyl/N-ethyl adjacent to an activating group) is 1. The Morgan fingerprint density at radius 1 is 1.15 bits per heavy atom. The largest absolute Gasteiger partial charge is 0.493 e. The van der Waals surface area contributed by atoms with Crippen LogP contribution in [0.3, 0.4) is 0 Å². The summed E-state index contributed by atoms with van der Waals surface area (Å²) in [6, 6.07) is 13.1. The van der Waals surface area contributed by atoms with Crippen molar-refractivity contribution >= 4 is 5.91 Å². The molecule has 1 fully saturated rings. The number of benzene rings is 2. The van der Waals surface area contributed by atoms with Gasteiger partial charge in [-0.3, -0.25) is 9.69 Å². The van der Waals surface area contributed by atoms with Crippen LogP contribution in [0.25, 0.3) is 0 Å². The zero-order valence-corrected chi connectivity index (χ0v) is 15.2. The summed E-state index contributed by atoms with van der Waals surface area (Å²) in [5.41, 5.74) is 0.647. The molecule has 2 aromatic rings. The predicted octanol–water partition coefficient (Wildman–Crippen LogP) is 2.73. The second kappa shape index (κ2) is 7.74. The molecule has 6 heteroatoms. The Kier molecular flexibility index (Phi) is 5.42. The van der Waals surface area contributed by atoms with Gasteiger partial charge in [0.1, 0.15) is 18.0 Å². The number of ether oxygens (including phenoxy) is 2. The number of amides is 1. The zero-order valence-electron chi connectivity index (χ0n) is 15.2. The third-order valence-corrected chi connectivity index (χ3v) is 4.44. The Morgan fingerprint density at radius 2 is 1.85 bits per heavy atom. The Balaban J connectivity index is 1.64. The average molecular weight is 358 g/mol. The molecule has 5 nitrogen and oxygen atoms in total. The summed E-state index contributed by atoms with van der Waals surface area (Å²) in [6.45, 7) is 0.993. The van der Waals surface area contributed by atoms with Gasteiger partial charge in [-0.1, -0.05) is 24.3 Å². The van der Waals surface area contributed by atoms with Crippen LogP contribution in [0.15, 0.2) is 48.5 Å². The number of rotatable bonds is 6. The highest BCUT2D eigenvalue weighted by Gasteiger charge is 2.37. The second-order valence-electron chi connectivity index (χ2n) is 6.56. The number of halogens is 1. The lowest BCUT2D eigenvalue weighted by molar-refractivity contribution is -0.145. The molecule has 1 aliphatic rings. The van der Waals surface area contributed by atoms with E-state index in [-0.39, 0.29) is 17.8 Å². The van der Waals surface area contributed by atoms with Crippen molar-refractivity contribution in [3.63, 3.8) is 0 Å². The smallest absolute Gasteiger partial charge is 0.244 e. The van der Waals surface area contributed by atoms with Crippen LogP contribution in [0, 0.1) is 5.82 Å². The Labute approximate surface area is 152 Å². The van der Waals surface area contributed by atoms with E-state index in [1.54, 1.807) is 29.0 Å². The van der Waals surface area contributed by atoms with E-state index in [1.807, 2.05) is 38.4 Å². The molecule has 1 heterocycles. The van der Waals surface area contributed by atoms with Crippen molar-refractivity contribution in [1.29, 1.82) is 0 Å². The number of hydrogen-bond donors (Lipinski definition) is 0. The van der Waals surface area contributed by atoms with E-state index < -0.39 is 6.04 Å². The summed E-state index contributed by atoms with van der Waals surface area (Å²) in [5, 5.41) is 0. The third kappa shape index (κ3) is 3.80. The maximum atomic E-state index is 13.6. The van der Waals surface area contributed by atoms with Crippen molar-refractivity contribution in [1.82, 2.24) is 9.80 Å². The van der Waals surface area contributed by atoms with Crippen molar-refractivity contribution in [2.24, 2.45) is 0 Å². The Bertz CT molecular complexity index is 775.